The van der Waals surface area contributed by atoms with Gasteiger partial charge < -0.3 is 13.7 Å². The summed E-state index contributed by atoms with van der Waals surface area (Å²) in [7, 11) is 0. The molecule has 0 saturated carbocycles. The monoisotopic (exact) mass is 464 g/mol. The fraction of sp³-hybridized carbons (Fsp3) is 0.107. The molecule has 1 aliphatic heterocycles. The number of para-hydroxylation sites is 1. The molecule has 0 bridgehead atoms. The van der Waals surface area contributed by atoms with Crippen molar-refractivity contribution in [3.63, 3.8) is 0 Å². The van der Waals surface area contributed by atoms with Crippen molar-refractivity contribution >= 4 is 22.7 Å². The molecule has 1 unspecified atom stereocenters. The second kappa shape index (κ2) is 8.29. The number of hydrogen-bond donors (Lipinski definition) is 0. The molecule has 5 aromatic rings. The summed E-state index contributed by atoms with van der Waals surface area (Å²) in [6.07, 6.45) is 0. The van der Waals surface area contributed by atoms with Gasteiger partial charge in [0.1, 0.15) is 23.7 Å². The number of aryl methyl sites for hydroxylation is 1. The van der Waals surface area contributed by atoms with E-state index in [2.05, 4.69) is 5.16 Å². The minimum Gasteiger partial charge on any atom is -0.489 e. The highest BCUT2D eigenvalue weighted by molar-refractivity contribution is 6.10. The lowest BCUT2D eigenvalue weighted by molar-refractivity contribution is 0.0969. The van der Waals surface area contributed by atoms with Gasteiger partial charge in [-0.3, -0.25) is 14.5 Å². The molecule has 0 aliphatic carbocycles. The molecule has 0 saturated heterocycles. The van der Waals surface area contributed by atoms with Crippen molar-refractivity contribution in [3.05, 3.63) is 123 Å². The predicted octanol–water partition coefficient (Wildman–Crippen LogP) is 5.42. The lowest BCUT2D eigenvalue weighted by atomic mass is 9.98. The summed E-state index contributed by atoms with van der Waals surface area (Å²) in [6, 6.07) is 25.1. The molecule has 0 N–H and O–H groups in total. The summed E-state index contributed by atoms with van der Waals surface area (Å²) in [5.41, 5.74) is 2.12. The highest BCUT2D eigenvalue weighted by atomic mass is 16.5. The molecule has 1 atom stereocenters. The minimum absolute atomic E-state index is 0.00922. The number of amides is 1. The van der Waals surface area contributed by atoms with Crippen LogP contribution in [0.4, 0.5) is 5.82 Å². The van der Waals surface area contributed by atoms with Crippen LogP contribution in [0, 0.1) is 6.92 Å². The molecule has 7 nitrogen and oxygen atoms in total. The third-order valence-electron chi connectivity index (χ3n) is 6.06. The minimum atomic E-state index is -0.747. The summed E-state index contributed by atoms with van der Waals surface area (Å²) in [5, 5.41) is 4.48. The van der Waals surface area contributed by atoms with E-state index in [1.54, 1.807) is 37.3 Å². The summed E-state index contributed by atoms with van der Waals surface area (Å²) in [4.78, 5) is 28.6. The Morgan fingerprint density at radius 3 is 2.54 bits per heavy atom. The molecule has 0 radical (unpaired) electrons. The van der Waals surface area contributed by atoms with E-state index in [4.69, 9.17) is 13.7 Å². The number of carbonyl (C=O) groups excluding carboxylic acids is 1. The average molecular weight is 464 g/mol. The maximum Gasteiger partial charge on any atom is 0.296 e. The van der Waals surface area contributed by atoms with E-state index in [1.165, 1.54) is 4.90 Å². The van der Waals surface area contributed by atoms with Crippen molar-refractivity contribution in [2.75, 3.05) is 4.90 Å². The first-order valence-corrected chi connectivity index (χ1v) is 11.2. The van der Waals surface area contributed by atoms with Gasteiger partial charge in [0, 0.05) is 6.07 Å². The zero-order chi connectivity index (χ0) is 23.9. The van der Waals surface area contributed by atoms with Gasteiger partial charge in [0.2, 0.25) is 5.76 Å². The molecule has 7 heteroatoms. The Kier molecular flexibility index (Phi) is 4.95. The van der Waals surface area contributed by atoms with Crippen molar-refractivity contribution in [2.45, 2.75) is 19.6 Å². The lowest BCUT2D eigenvalue weighted by Gasteiger charge is -2.22. The number of rotatable bonds is 5. The third kappa shape index (κ3) is 3.58. The number of benzene rings is 3. The van der Waals surface area contributed by atoms with Crippen LogP contribution in [-0.2, 0) is 6.61 Å². The van der Waals surface area contributed by atoms with Crippen LogP contribution in [0.2, 0.25) is 0 Å². The number of aromatic nitrogens is 1. The lowest BCUT2D eigenvalue weighted by Crippen LogP contribution is -2.29. The van der Waals surface area contributed by atoms with Crippen molar-refractivity contribution in [1.82, 2.24) is 5.16 Å². The normalized spacial score (nSPS) is 14.9. The van der Waals surface area contributed by atoms with Gasteiger partial charge >= 0.3 is 0 Å². The summed E-state index contributed by atoms with van der Waals surface area (Å²) in [5.74, 6) is 1.04. The van der Waals surface area contributed by atoms with E-state index in [0.717, 1.165) is 5.56 Å². The van der Waals surface area contributed by atoms with E-state index in [-0.39, 0.29) is 16.8 Å². The van der Waals surface area contributed by atoms with Crippen LogP contribution < -0.4 is 15.1 Å². The van der Waals surface area contributed by atoms with Gasteiger partial charge in [-0.1, -0.05) is 59.8 Å². The Balaban J connectivity index is 1.48. The van der Waals surface area contributed by atoms with Gasteiger partial charge in [-0.2, -0.15) is 0 Å². The van der Waals surface area contributed by atoms with Crippen molar-refractivity contribution < 1.29 is 18.5 Å². The smallest absolute Gasteiger partial charge is 0.296 e. The molecule has 0 spiro atoms. The molecule has 6 rings (SSSR count). The molecule has 35 heavy (non-hydrogen) atoms. The van der Waals surface area contributed by atoms with Gasteiger partial charge in [-0.15, -0.1) is 0 Å². The first kappa shape index (κ1) is 20.9. The highest BCUT2D eigenvalue weighted by Gasteiger charge is 2.45. The number of nitrogens with zero attached hydrogens (tertiary/aromatic N) is 2. The Bertz CT molecular complexity index is 1620. The zero-order valence-corrected chi connectivity index (χ0v) is 18.8. The summed E-state index contributed by atoms with van der Waals surface area (Å²) >= 11 is 0. The van der Waals surface area contributed by atoms with Gasteiger partial charge in [0.05, 0.1) is 17.0 Å². The quantitative estimate of drug-likeness (QED) is 0.345. The van der Waals surface area contributed by atoms with Crippen molar-refractivity contribution in [2.24, 2.45) is 0 Å². The Hall–Kier alpha value is -4.65. The van der Waals surface area contributed by atoms with Crippen LogP contribution in [0.1, 0.15) is 39.0 Å². The SMILES string of the molecule is Cc1cc(N2C(=O)c3oc4ccccc4c(=O)c3C2c2cccc(OCc3ccccc3)c2)no1. The second-order valence-corrected chi connectivity index (χ2v) is 8.39. The largest absolute Gasteiger partial charge is 0.489 e. The van der Waals surface area contributed by atoms with Crippen molar-refractivity contribution in [3.8, 4) is 5.75 Å². The second-order valence-electron chi connectivity index (χ2n) is 8.39. The summed E-state index contributed by atoms with van der Waals surface area (Å²) in [6.45, 7) is 2.14. The molecule has 2 aromatic heterocycles. The highest BCUT2D eigenvalue weighted by Crippen LogP contribution is 2.41. The summed E-state index contributed by atoms with van der Waals surface area (Å²) < 4.78 is 17.2. The average Bonchev–Trinajstić information content (AvgIpc) is 3.44. The van der Waals surface area contributed by atoms with E-state index in [1.807, 2.05) is 54.6 Å². The zero-order valence-electron chi connectivity index (χ0n) is 18.8. The standard InChI is InChI=1S/C28H20N2O5/c1-17-14-23(29-35-17)30-25(19-10-7-11-20(15-19)33-16-18-8-3-2-4-9-18)24-26(31)21-12-5-6-13-22(21)34-27(24)28(30)32/h2-15,25H,16H2,1H3. The van der Waals surface area contributed by atoms with Gasteiger partial charge in [0.15, 0.2) is 11.2 Å². The van der Waals surface area contributed by atoms with E-state index in [9.17, 15) is 9.59 Å². The number of ether oxygens (including phenoxy) is 1. The van der Waals surface area contributed by atoms with E-state index in [0.29, 0.717) is 40.5 Å². The predicted molar refractivity (Wildman–Crippen MR) is 130 cm³/mol. The van der Waals surface area contributed by atoms with Crippen molar-refractivity contribution in [1.29, 1.82) is 0 Å². The van der Waals surface area contributed by atoms with Gasteiger partial charge in [-0.25, -0.2) is 0 Å². The van der Waals surface area contributed by atoms with Crippen LogP contribution >= 0.6 is 0 Å². The molecule has 172 valence electrons. The maximum absolute atomic E-state index is 13.6. The van der Waals surface area contributed by atoms with Crippen LogP contribution in [-0.4, -0.2) is 11.1 Å². The molecule has 3 heterocycles. The Morgan fingerprint density at radius 1 is 0.943 bits per heavy atom. The van der Waals surface area contributed by atoms with Crippen LogP contribution in [0.5, 0.6) is 5.75 Å². The number of fused-ring (bicyclic) bond motifs is 2. The fourth-order valence-corrected chi connectivity index (χ4v) is 4.45. The van der Waals surface area contributed by atoms with Crippen LogP contribution in [0.25, 0.3) is 11.0 Å². The molecule has 1 aliphatic rings. The van der Waals surface area contributed by atoms with E-state index < -0.39 is 11.9 Å². The maximum atomic E-state index is 13.6. The fourth-order valence-electron chi connectivity index (χ4n) is 4.45. The number of carbonyl (C=O) groups is 1. The Labute approximate surface area is 200 Å². The molecule has 0 fully saturated rings. The number of anilines is 1. The topological polar surface area (TPSA) is 85.8 Å². The van der Waals surface area contributed by atoms with Gasteiger partial charge in [0.25, 0.3) is 5.91 Å². The Morgan fingerprint density at radius 2 is 1.74 bits per heavy atom. The molecular formula is C28H20N2O5. The molecule has 1 amide bonds. The van der Waals surface area contributed by atoms with Crippen LogP contribution in [0.15, 0.2) is 98.7 Å². The van der Waals surface area contributed by atoms with Crippen LogP contribution in [0.3, 0.4) is 0 Å². The molecular weight excluding hydrogens is 444 g/mol. The number of hydrogen-bond acceptors (Lipinski definition) is 6. The third-order valence-corrected chi connectivity index (χ3v) is 6.06. The van der Waals surface area contributed by atoms with Gasteiger partial charge in [-0.05, 0) is 42.3 Å². The molecule has 3 aromatic carbocycles. The first-order chi connectivity index (χ1) is 17.1. The van der Waals surface area contributed by atoms with E-state index >= 15 is 0 Å². The first-order valence-electron chi connectivity index (χ1n) is 11.2.